The molecule has 0 bridgehead atoms. The van der Waals surface area contributed by atoms with Gasteiger partial charge in [-0.2, -0.15) is 0 Å². The second-order valence-corrected chi connectivity index (χ2v) is 10.3. The average Bonchev–Trinajstić information content (AvgIpc) is 3.29. The van der Waals surface area contributed by atoms with Crippen LogP contribution in [-0.4, -0.2) is 87.7 Å². The van der Waals surface area contributed by atoms with Crippen molar-refractivity contribution in [1.82, 2.24) is 9.80 Å². The summed E-state index contributed by atoms with van der Waals surface area (Å²) in [5, 5.41) is 2.91. The Morgan fingerprint density at radius 1 is 0.902 bits per heavy atom. The summed E-state index contributed by atoms with van der Waals surface area (Å²) in [7, 11) is 7.72. The van der Waals surface area contributed by atoms with Crippen LogP contribution in [0.3, 0.4) is 0 Å². The Labute approximate surface area is 241 Å². The Hall–Kier alpha value is -4.34. The SMILES string of the molecule is CCOC(=O)c1ccc2c(c1)NC(=O)C2C(=Nc1ccc(N(C)C(=O)CN(C)CCN(C)C)cc1)c1ccccc1. The predicted octanol–water partition coefficient (Wildman–Crippen LogP) is 4.18. The van der Waals surface area contributed by atoms with Crippen LogP contribution in [-0.2, 0) is 14.3 Å². The van der Waals surface area contributed by atoms with Crippen LogP contribution < -0.4 is 10.2 Å². The van der Waals surface area contributed by atoms with Gasteiger partial charge in [0.2, 0.25) is 11.8 Å². The molecule has 0 saturated carbocycles. The molecule has 9 heteroatoms. The second kappa shape index (κ2) is 13.3. The van der Waals surface area contributed by atoms with Gasteiger partial charge in [0, 0.05) is 31.5 Å². The molecule has 1 aliphatic rings. The van der Waals surface area contributed by atoms with Crippen LogP contribution in [0.1, 0.15) is 34.3 Å². The quantitative estimate of drug-likeness (QED) is 0.282. The van der Waals surface area contributed by atoms with Crippen molar-refractivity contribution in [2.45, 2.75) is 12.8 Å². The fraction of sp³-hybridized carbons (Fsp3) is 0.312. The van der Waals surface area contributed by atoms with Crippen LogP contribution in [0, 0.1) is 0 Å². The summed E-state index contributed by atoms with van der Waals surface area (Å²) in [6, 6.07) is 22.1. The minimum atomic E-state index is -0.662. The molecule has 0 aromatic heterocycles. The molecule has 9 nitrogen and oxygen atoms in total. The van der Waals surface area contributed by atoms with Gasteiger partial charge in [0.05, 0.1) is 30.1 Å². The molecule has 0 aliphatic carbocycles. The summed E-state index contributed by atoms with van der Waals surface area (Å²) < 4.78 is 5.11. The Kier molecular flexibility index (Phi) is 9.65. The van der Waals surface area contributed by atoms with Crippen molar-refractivity contribution in [3.63, 3.8) is 0 Å². The molecule has 4 rings (SSSR count). The summed E-state index contributed by atoms with van der Waals surface area (Å²) in [6.07, 6.45) is 0. The third-order valence-electron chi connectivity index (χ3n) is 6.93. The zero-order chi connectivity index (χ0) is 29.5. The molecule has 1 aliphatic heterocycles. The summed E-state index contributed by atoms with van der Waals surface area (Å²) in [5.74, 6) is -1.32. The first-order valence-electron chi connectivity index (χ1n) is 13.6. The summed E-state index contributed by atoms with van der Waals surface area (Å²) in [4.78, 5) is 49.0. The number of carbonyl (C=O) groups excluding carboxylic acids is 3. The lowest BCUT2D eigenvalue weighted by Crippen LogP contribution is -2.39. The number of hydrogen-bond acceptors (Lipinski definition) is 7. The topological polar surface area (TPSA) is 94.5 Å². The molecule has 214 valence electrons. The minimum Gasteiger partial charge on any atom is -0.462 e. The standard InChI is InChI=1S/C32H37N5O4/c1-6-41-32(40)23-12-17-26-27(20-23)34-31(39)29(26)30(22-10-8-7-9-11-22)33-24-13-15-25(16-14-24)37(5)28(38)21-36(4)19-18-35(2)3/h7-17,20,29H,6,18-19,21H2,1-5H3,(H,34,39). The van der Waals surface area contributed by atoms with Crippen LogP contribution >= 0.6 is 0 Å². The van der Waals surface area contributed by atoms with Gasteiger partial charge in [-0.3, -0.25) is 19.5 Å². The largest absolute Gasteiger partial charge is 0.462 e. The molecule has 3 aromatic carbocycles. The number of likely N-dealkylation sites (N-methyl/N-ethyl adjacent to an activating group) is 3. The van der Waals surface area contributed by atoms with Crippen LogP contribution in [0.15, 0.2) is 77.8 Å². The maximum atomic E-state index is 13.3. The molecular weight excluding hydrogens is 518 g/mol. The van der Waals surface area contributed by atoms with Crippen LogP contribution in [0.25, 0.3) is 0 Å². The lowest BCUT2D eigenvalue weighted by Gasteiger charge is -2.23. The third-order valence-corrected chi connectivity index (χ3v) is 6.93. The second-order valence-electron chi connectivity index (χ2n) is 10.3. The Morgan fingerprint density at radius 2 is 1.61 bits per heavy atom. The van der Waals surface area contributed by atoms with E-state index in [0.717, 1.165) is 29.9 Å². The van der Waals surface area contributed by atoms with Crippen molar-refractivity contribution in [2.24, 2.45) is 4.99 Å². The molecule has 41 heavy (non-hydrogen) atoms. The normalized spacial score (nSPS) is 14.7. The van der Waals surface area contributed by atoms with Gasteiger partial charge in [0.15, 0.2) is 0 Å². The van der Waals surface area contributed by atoms with Crippen molar-refractivity contribution in [3.8, 4) is 0 Å². The maximum Gasteiger partial charge on any atom is 0.338 e. The fourth-order valence-electron chi connectivity index (χ4n) is 4.60. The van der Waals surface area contributed by atoms with E-state index >= 15 is 0 Å². The number of carbonyl (C=O) groups is 3. The summed E-state index contributed by atoms with van der Waals surface area (Å²) in [5.41, 5.74) is 4.50. The van der Waals surface area contributed by atoms with Crippen LogP contribution in [0.5, 0.6) is 0 Å². The number of aliphatic imine (C=N–C) groups is 1. The number of anilines is 2. The van der Waals surface area contributed by atoms with E-state index < -0.39 is 11.9 Å². The van der Waals surface area contributed by atoms with Crippen molar-refractivity contribution in [1.29, 1.82) is 0 Å². The highest BCUT2D eigenvalue weighted by molar-refractivity contribution is 6.24. The Balaban J connectivity index is 1.60. The first-order chi connectivity index (χ1) is 19.7. The fourth-order valence-corrected chi connectivity index (χ4v) is 4.60. The molecular formula is C32H37N5O4. The van der Waals surface area contributed by atoms with Gasteiger partial charge in [0.1, 0.15) is 5.92 Å². The lowest BCUT2D eigenvalue weighted by molar-refractivity contribution is -0.119. The predicted molar refractivity (Wildman–Crippen MR) is 162 cm³/mol. The zero-order valence-corrected chi connectivity index (χ0v) is 24.3. The van der Waals surface area contributed by atoms with Gasteiger partial charge in [0.25, 0.3) is 0 Å². The summed E-state index contributed by atoms with van der Waals surface area (Å²) in [6.45, 7) is 4.01. The molecule has 2 amide bonds. The third kappa shape index (κ3) is 7.25. The molecule has 1 N–H and O–H groups in total. The number of ether oxygens (including phenoxy) is 1. The van der Waals surface area contributed by atoms with Gasteiger partial charge in [-0.15, -0.1) is 0 Å². The number of esters is 1. The monoisotopic (exact) mass is 555 g/mol. The molecule has 0 spiro atoms. The van der Waals surface area contributed by atoms with E-state index in [1.54, 1.807) is 37.1 Å². The van der Waals surface area contributed by atoms with E-state index in [4.69, 9.17) is 9.73 Å². The number of rotatable bonds is 11. The number of benzene rings is 3. The smallest absolute Gasteiger partial charge is 0.338 e. The first kappa shape index (κ1) is 29.6. The van der Waals surface area contributed by atoms with Gasteiger partial charge >= 0.3 is 5.97 Å². The Bertz CT molecular complexity index is 1420. The number of nitrogens with one attached hydrogen (secondary N) is 1. The van der Waals surface area contributed by atoms with E-state index in [-0.39, 0.29) is 18.4 Å². The highest BCUT2D eigenvalue weighted by Crippen LogP contribution is 2.37. The van der Waals surface area contributed by atoms with Gasteiger partial charge in [-0.25, -0.2) is 4.79 Å². The molecule has 0 fully saturated rings. The van der Waals surface area contributed by atoms with Crippen LogP contribution in [0.2, 0.25) is 0 Å². The van der Waals surface area contributed by atoms with Crippen molar-refractivity contribution < 1.29 is 19.1 Å². The Morgan fingerprint density at radius 3 is 2.27 bits per heavy atom. The number of hydrogen-bond donors (Lipinski definition) is 1. The number of amides is 2. The zero-order valence-electron chi connectivity index (χ0n) is 24.3. The maximum absolute atomic E-state index is 13.3. The van der Waals surface area contributed by atoms with E-state index in [1.165, 1.54) is 0 Å². The number of fused-ring (bicyclic) bond motifs is 1. The summed E-state index contributed by atoms with van der Waals surface area (Å²) >= 11 is 0. The van der Waals surface area contributed by atoms with Crippen LogP contribution in [0.4, 0.5) is 17.1 Å². The van der Waals surface area contributed by atoms with Crippen molar-refractivity contribution in [2.75, 3.05) is 64.6 Å². The first-order valence-corrected chi connectivity index (χ1v) is 13.6. The minimum absolute atomic E-state index is 0.00565. The molecule has 3 aromatic rings. The average molecular weight is 556 g/mol. The molecule has 0 saturated heterocycles. The molecule has 1 atom stereocenters. The van der Waals surface area contributed by atoms with E-state index in [2.05, 4.69) is 10.2 Å². The molecule has 0 radical (unpaired) electrons. The molecule has 1 unspecified atom stereocenters. The number of nitrogens with zero attached hydrogens (tertiary/aromatic N) is 4. The highest BCUT2D eigenvalue weighted by Gasteiger charge is 2.36. The van der Waals surface area contributed by atoms with Gasteiger partial charge in [-0.1, -0.05) is 36.4 Å². The van der Waals surface area contributed by atoms with Crippen molar-refractivity contribution in [3.05, 3.63) is 89.5 Å². The van der Waals surface area contributed by atoms with E-state index in [9.17, 15) is 14.4 Å². The van der Waals surface area contributed by atoms with Gasteiger partial charge in [-0.05, 0) is 75.6 Å². The highest BCUT2D eigenvalue weighted by atomic mass is 16.5. The molecule has 1 heterocycles. The van der Waals surface area contributed by atoms with Gasteiger partial charge < -0.3 is 19.9 Å². The lowest BCUT2D eigenvalue weighted by atomic mass is 9.90. The van der Waals surface area contributed by atoms with E-state index in [1.807, 2.05) is 80.6 Å². The van der Waals surface area contributed by atoms with Crippen molar-refractivity contribution >= 4 is 40.6 Å². The van der Waals surface area contributed by atoms with E-state index in [0.29, 0.717) is 29.2 Å².